The molecule has 0 saturated carbocycles. The van der Waals surface area contributed by atoms with Gasteiger partial charge in [0.15, 0.2) is 0 Å². The Morgan fingerprint density at radius 1 is 1.05 bits per heavy atom. The van der Waals surface area contributed by atoms with Crippen molar-refractivity contribution in [2.24, 2.45) is 0 Å². The maximum absolute atomic E-state index is 11.3. The van der Waals surface area contributed by atoms with E-state index in [1.165, 1.54) is 24.6 Å². The highest BCUT2D eigenvalue weighted by atomic mass is 32.2. The van der Waals surface area contributed by atoms with Gasteiger partial charge < -0.3 is 9.84 Å². The molecule has 2 aliphatic heterocycles. The van der Waals surface area contributed by atoms with Crippen molar-refractivity contribution in [1.29, 1.82) is 0 Å². The van der Waals surface area contributed by atoms with Crippen LogP contribution in [0.4, 0.5) is 0 Å². The van der Waals surface area contributed by atoms with Crippen molar-refractivity contribution in [2.75, 3.05) is 7.11 Å². The molecule has 2 heterocycles. The van der Waals surface area contributed by atoms with Gasteiger partial charge in [-0.2, -0.15) is 11.8 Å². The van der Waals surface area contributed by atoms with E-state index in [0.29, 0.717) is 10.5 Å². The van der Waals surface area contributed by atoms with Crippen molar-refractivity contribution >= 4 is 22.5 Å². The van der Waals surface area contributed by atoms with Crippen molar-refractivity contribution in [2.45, 2.75) is 48.2 Å². The summed E-state index contributed by atoms with van der Waals surface area (Å²) >= 11 is 2.10. The summed E-state index contributed by atoms with van der Waals surface area (Å²) in [6, 6.07) is 12.5. The van der Waals surface area contributed by atoms with Crippen LogP contribution in [-0.2, 0) is 5.60 Å². The number of hydrogen-bond donors (Lipinski definition) is 1. The van der Waals surface area contributed by atoms with Gasteiger partial charge in [0, 0.05) is 10.5 Å². The average Bonchev–Trinajstić information content (AvgIpc) is 2.53. The zero-order valence-electron chi connectivity index (χ0n) is 12.9. The first-order valence-electron chi connectivity index (χ1n) is 8.12. The van der Waals surface area contributed by atoms with Gasteiger partial charge in [0.25, 0.3) is 0 Å². The van der Waals surface area contributed by atoms with Crippen molar-refractivity contribution in [3.8, 4) is 5.75 Å². The first-order valence-corrected chi connectivity index (χ1v) is 9.07. The summed E-state index contributed by atoms with van der Waals surface area (Å²) in [6.45, 7) is 0. The molecule has 4 rings (SSSR count). The van der Waals surface area contributed by atoms with E-state index in [9.17, 15) is 5.11 Å². The van der Waals surface area contributed by atoms with Gasteiger partial charge in [-0.1, -0.05) is 24.6 Å². The molecule has 116 valence electrons. The van der Waals surface area contributed by atoms with Crippen molar-refractivity contribution in [1.82, 2.24) is 0 Å². The number of aliphatic hydroxyl groups is 1. The summed E-state index contributed by atoms with van der Waals surface area (Å²) in [6.07, 6.45) is 5.64. The molecule has 2 aliphatic rings. The fourth-order valence-electron chi connectivity index (χ4n) is 3.99. The summed E-state index contributed by atoms with van der Waals surface area (Å²) in [4.78, 5) is 0. The summed E-state index contributed by atoms with van der Waals surface area (Å²) < 4.78 is 5.29. The van der Waals surface area contributed by atoms with Gasteiger partial charge in [0.1, 0.15) is 5.75 Å². The molecule has 2 fully saturated rings. The lowest BCUT2D eigenvalue weighted by Crippen LogP contribution is -2.40. The lowest BCUT2D eigenvalue weighted by molar-refractivity contribution is 0.00825. The normalized spacial score (nSPS) is 31.2. The fraction of sp³-hybridized carbons (Fsp3) is 0.474. The molecule has 2 atom stereocenters. The number of benzene rings is 2. The van der Waals surface area contributed by atoms with Crippen LogP contribution in [-0.4, -0.2) is 22.7 Å². The van der Waals surface area contributed by atoms with Crippen LogP contribution in [0.5, 0.6) is 5.75 Å². The molecule has 0 radical (unpaired) electrons. The van der Waals surface area contributed by atoms with Crippen molar-refractivity contribution in [3.05, 3.63) is 42.0 Å². The summed E-state index contributed by atoms with van der Waals surface area (Å²) in [5, 5.41) is 14.9. The second-order valence-electron chi connectivity index (χ2n) is 6.68. The predicted molar refractivity (Wildman–Crippen MR) is 92.6 cm³/mol. The molecule has 22 heavy (non-hydrogen) atoms. The van der Waals surface area contributed by atoms with Crippen LogP contribution < -0.4 is 4.74 Å². The first kappa shape index (κ1) is 14.4. The Kier molecular flexibility index (Phi) is 3.58. The fourth-order valence-corrected chi connectivity index (χ4v) is 5.89. The highest BCUT2D eigenvalue weighted by Crippen LogP contribution is 2.49. The number of methoxy groups -OCH3 is 1. The van der Waals surface area contributed by atoms with E-state index >= 15 is 0 Å². The van der Waals surface area contributed by atoms with E-state index in [4.69, 9.17) is 4.74 Å². The molecule has 0 aromatic heterocycles. The van der Waals surface area contributed by atoms with Crippen LogP contribution >= 0.6 is 11.8 Å². The Morgan fingerprint density at radius 3 is 2.45 bits per heavy atom. The minimum atomic E-state index is -0.644. The zero-order chi connectivity index (χ0) is 15.2. The molecule has 1 N–H and O–H groups in total. The second-order valence-corrected chi connectivity index (χ2v) is 8.28. The van der Waals surface area contributed by atoms with E-state index < -0.39 is 5.60 Å². The Bertz CT molecular complexity index is 685. The van der Waals surface area contributed by atoms with E-state index in [1.807, 2.05) is 6.07 Å². The van der Waals surface area contributed by atoms with Crippen LogP contribution in [0, 0.1) is 0 Å². The molecule has 0 amide bonds. The molecule has 3 heteroatoms. The van der Waals surface area contributed by atoms with E-state index in [-0.39, 0.29) is 0 Å². The van der Waals surface area contributed by atoms with Gasteiger partial charge in [-0.05, 0) is 60.2 Å². The topological polar surface area (TPSA) is 29.5 Å². The molecule has 2 unspecified atom stereocenters. The Labute approximate surface area is 135 Å². The van der Waals surface area contributed by atoms with Gasteiger partial charge in [-0.25, -0.2) is 0 Å². The third-order valence-corrected chi connectivity index (χ3v) is 6.73. The molecule has 2 aromatic rings. The molecule has 2 nitrogen and oxygen atoms in total. The molecule has 0 aliphatic carbocycles. The summed E-state index contributed by atoms with van der Waals surface area (Å²) in [5.74, 6) is 0.877. The monoisotopic (exact) mass is 314 g/mol. The lowest BCUT2D eigenvalue weighted by atomic mass is 9.80. The van der Waals surface area contributed by atoms with Crippen molar-refractivity contribution in [3.63, 3.8) is 0 Å². The van der Waals surface area contributed by atoms with E-state index in [0.717, 1.165) is 29.5 Å². The summed E-state index contributed by atoms with van der Waals surface area (Å²) in [5.41, 5.74) is 0.442. The highest BCUT2D eigenvalue weighted by molar-refractivity contribution is 8.00. The number of hydrogen-bond acceptors (Lipinski definition) is 3. The summed E-state index contributed by atoms with van der Waals surface area (Å²) in [7, 11) is 1.69. The van der Waals surface area contributed by atoms with Gasteiger partial charge in [-0.3, -0.25) is 0 Å². The van der Waals surface area contributed by atoms with Crippen LogP contribution in [0.1, 0.15) is 37.7 Å². The van der Waals surface area contributed by atoms with Crippen molar-refractivity contribution < 1.29 is 9.84 Å². The Balaban J connectivity index is 1.70. The van der Waals surface area contributed by atoms with Gasteiger partial charge in [0.2, 0.25) is 0 Å². The molecule has 2 saturated heterocycles. The standard InChI is InChI=1S/C19H22O2S/c1-21-16-8-6-13-9-15(7-5-14(13)10-16)19(20)11-17-3-2-4-18(12-19)22-17/h5-10,17-18,20H,2-4,11-12H2,1H3. The number of thioether (sulfide) groups is 1. The number of rotatable bonds is 2. The SMILES string of the molecule is COc1ccc2cc(C3(O)CC4CCCC(C3)S4)ccc2c1. The highest BCUT2D eigenvalue weighted by Gasteiger charge is 2.42. The minimum Gasteiger partial charge on any atom is -0.497 e. The van der Waals surface area contributed by atoms with Gasteiger partial charge in [-0.15, -0.1) is 0 Å². The van der Waals surface area contributed by atoms with Crippen LogP contribution in [0.15, 0.2) is 36.4 Å². The predicted octanol–water partition coefficient (Wildman–Crippen LogP) is 4.48. The Morgan fingerprint density at radius 2 is 1.73 bits per heavy atom. The maximum atomic E-state index is 11.3. The molecule has 2 bridgehead atoms. The zero-order valence-corrected chi connectivity index (χ0v) is 13.7. The number of fused-ring (bicyclic) bond motifs is 3. The molecule has 2 aromatic carbocycles. The molecule has 0 spiro atoms. The van der Waals surface area contributed by atoms with E-state index in [2.05, 4.69) is 42.1 Å². The van der Waals surface area contributed by atoms with Gasteiger partial charge in [0.05, 0.1) is 12.7 Å². The smallest absolute Gasteiger partial charge is 0.119 e. The maximum Gasteiger partial charge on any atom is 0.119 e. The van der Waals surface area contributed by atoms with E-state index in [1.54, 1.807) is 7.11 Å². The molecular weight excluding hydrogens is 292 g/mol. The van der Waals surface area contributed by atoms with Gasteiger partial charge >= 0.3 is 0 Å². The Hall–Kier alpha value is -1.19. The molecular formula is C19H22O2S. The third-order valence-electron chi connectivity index (χ3n) is 5.15. The third kappa shape index (κ3) is 2.50. The average molecular weight is 314 g/mol. The number of ether oxygens (including phenoxy) is 1. The van der Waals surface area contributed by atoms with Crippen LogP contribution in [0.3, 0.4) is 0 Å². The lowest BCUT2D eigenvalue weighted by Gasteiger charge is -2.44. The first-order chi connectivity index (χ1) is 10.7. The largest absolute Gasteiger partial charge is 0.497 e. The quantitative estimate of drug-likeness (QED) is 0.886. The second kappa shape index (κ2) is 5.47. The minimum absolute atomic E-state index is 0.629. The van der Waals surface area contributed by atoms with Crippen LogP contribution in [0.2, 0.25) is 0 Å². The van der Waals surface area contributed by atoms with Crippen LogP contribution in [0.25, 0.3) is 10.8 Å².